The number of nitrogens with zero attached hydrogens (tertiary/aromatic N) is 1. The van der Waals surface area contributed by atoms with Gasteiger partial charge in [-0.3, -0.25) is 9.10 Å². The number of halogens is 3. The van der Waals surface area contributed by atoms with Crippen LogP contribution in [0.1, 0.15) is 28.3 Å². The first kappa shape index (κ1) is 24.3. The number of hydrogen-bond donors (Lipinski definition) is 1. The van der Waals surface area contributed by atoms with Gasteiger partial charge in [0, 0.05) is 0 Å². The third kappa shape index (κ3) is 6.13. The molecule has 5 nitrogen and oxygen atoms in total. The Balaban J connectivity index is 1.93. The molecule has 0 saturated carbocycles. The maximum atomic E-state index is 13.1. The number of carbonyl (C=O) groups is 1. The molecule has 0 unspecified atom stereocenters. The second-order valence-corrected chi connectivity index (χ2v) is 9.49. The van der Waals surface area contributed by atoms with E-state index < -0.39 is 40.3 Å². The zero-order chi connectivity index (χ0) is 24.2. The molecule has 0 aliphatic heterocycles. The van der Waals surface area contributed by atoms with Gasteiger partial charge in [0.05, 0.1) is 23.5 Å². The van der Waals surface area contributed by atoms with Crippen molar-refractivity contribution in [1.82, 2.24) is 5.32 Å². The summed E-state index contributed by atoms with van der Waals surface area (Å²) in [5.74, 6) is -0.657. The van der Waals surface area contributed by atoms with E-state index in [-0.39, 0.29) is 5.69 Å². The molecule has 0 saturated heterocycles. The van der Waals surface area contributed by atoms with E-state index in [9.17, 15) is 26.4 Å². The summed E-state index contributed by atoms with van der Waals surface area (Å²) in [6.45, 7) is 1.22. The summed E-state index contributed by atoms with van der Waals surface area (Å²) < 4.78 is 64.8. The average Bonchev–Trinajstić information content (AvgIpc) is 2.76. The highest BCUT2D eigenvalue weighted by molar-refractivity contribution is 7.92. The minimum absolute atomic E-state index is 0.241. The van der Waals surface area contributed by atoms with Crippen LogP contribution in [0.15, 0.2) is 78.9 Å². The molecular formula is C24H23F3N2O3S. The van der Waals surface area contributed by atoms with Gasteiger partial charge >= 0.3 is 6.18 Å². The predicted molar refractivity (Wildman–Crippen MR) is 121 cm³/mol. The van der Waals surface area contributed by atoms with Gasteiger partial charge in [0.2, 0.25) is 15.9 Å². The van der Waals surface area contributed by atoms with E-state index in [1.165, 1.54) is 6.07 Å². The number of hydrogen-bond acceptors (Lipinski definition) is 3. The lowest BCUT2D eigenvalue weighted by Gasteiger charge is -2.26. The molecule has 0 bridgehead atoms. The molecule has 0 aliphatic carbocycles. The van der Waals surface area contributed by atoms with Crippen molar-refractivity contribution in [2.45, 2.75) is 19.1 Å². The zero-order valence-corrected chi connectivity index (χ0v) is 18.8. The fraction of sp³-hybridized carbons (Fsp3) is 0.208. The number of rotatable bonds is 7. The first-order valence-electron chi connectivity index (χ1n) is 10.0. The summed E-state index contributed by atoms with van der Waals surface area (Å²) in [6, 6.07) is 19.9. The van der Waals surface area contributed by atoms with Crippen molar-refractivity contribution < 1.29 is 26.4 Å². The van der Waals surface area contributed by atoms with E-state index in [4.69, 9.17) is 0 Å². The first-order valence-corrected chi connectivity index (χ1v) is 11.9. The number of nitrogens with one attached hydrogen (secondary N) is 1. The molecule has 3 rings (SSSR count). The number of anilines is 1. The number of carbonyl (C=O) groups excluding carboxylic acids is 1. The van der Waals surface area contributed by atoms with Crippen LogP contribution in [0.2, 0.25) is 0 Å². The van der Waals surface area contributed by atoms with Crippen LogP contribution in [0.25, 0.3) is 0 Å². The third-order valence-corrected chi connectivity index (χ3v) is 6.23. The highest BCUT2D eigenvalue weighted by atomic mass is 32.2. The van der Waals surface area contributed by atoms with Crippen LogP contribution in [0, 0.1) is 6.92 Å². The Kier molecular flexibility index (Phi) is 7.12. The van der Waals surface area contributed by atoms with Crippen LogP contribution in [-0.4, -0.2) is 27.1 Å². The maximum absolute atomic E-state index is 13.1. The molecule has 0 spiro atoms. The van der Waals surface area contributed by atoms with Gasteiger partial charge in [-0.05, 0) is 41.8 Å². The number of aryl methyl sites for hydroxylation is 1. The van der Waals surface area contributed by atoms with E-state index in [0.717, 1.165) is 35.1 Å². The summed E-state index contributed by atoms with van der Waals surface area (Å²) in [5, 5.41) is 2.84. The maximum Gasteiger partial charge on any atom is 0.416 e. The second-order valence-electron chi connectivity index (χ2n) is 7.59. The van der Waals surface area contributed by atoms with Crippen molar-refractivity contribution in [1.29, 1.82) is 0 Å². The molecule has 0 aliphatic rings. The van der Waals surface area contributed by atoms with Crippen molar-refractivity contribution in [3.8, 4) is 0 Å². The summed E-state index contributed by atoms with van der Waals surface area (Å²) in [5.41, 5.74) is 1.28. The lowest BCUT2D eigenvalue weighted by atomic mass is 9.95. The fourth-order valence-electron chi connectivity index (χ4n) is 3.47. The largest absolute Gasteiger partial charge is 0.416 e. The van der Waals surface area contributed by atoms with Crippen molar-refractivity contribution in [3.63, 3.8) is 0 Å². The molecule has 33 heavy (non-hydrogen) atoms. The van der Waals surface area contributed by atoms with E-state index in [2.05, 4.69) is 5.32 Å². The molecule has 9 heteroatoms. The standard InChI is InChI=1S/C24H23F3N2O3S/c1-17-9-6-7-14-21(17)23(18-10-4-3-5-11-18)28-22(30)16-29(33(2,31)32)20-13-8-12-19(15-20)24(25,26)27/h3-15,23H,16H2,1-2H3,(H,28,30)/t23-/m0/s1. The summed E-state index contributed by atoms with van der Waals surface area (Å²) in [6.07, 6.45) is -3.80. The Hall–Kier alpha value is -3.33. The molecule has 174 valence electrons. The Morgan fingerprint density at radius 1 is 0.970 bits per heavy atom. The van der Waals surface area contributed by atoms with E-state index in [1.54, 1.807) is 0 Å². The molecule has 0 aromatic heterocycles. The van der Waals surface area contributed by atoms with Gasteiger partial charge in [-0.1, -0.05) is 60.7 Å². The molecule has 1 atom stereocenters. The lowest BCUT2D eigenvalue weighted by Crippen LogP contribution is -2.42. The number of sulfonamides is 1. The second kappa shape index (κ2) is 9.66. The van der Waals surface area contributed by atoms with E-state index in [0.29, 0.717) is 10.4 Å². The molecule has 3 aromatic carbocycles. The first-order chi connectivity index (χ1) is 15.5. The minimum Gasteiger partial charge on any atom is -0.344 e. The van der Waals surface area contributed by atoms with Gasteiger partial charge in [0.1, 0.15) is 6.54 Å². The quantitative estimate of drug-likeness (QED) is 0.538. The Labute approximate surface area is 190 Å². The SMILES string of the molecule is Cc1ccccc1[C@@H](NC(=O)CN(c1cccc(C(F)(F)F)c1)S(C)(=O)=O)c1ccccc1. The third-order valence-electron chi connectivity index (χ3n) is 5.09. The molecule has 1 N–H and O–H groups in total. The van der Waals surface area contributed by atoms with E-state index in [1.807, 2.05) is 61.5 Å². The topological polar surface area (TPSA) is 66.5 Å². The molecule has 0 heterocycles. The summed E-state index contributed by atoms with van der Waals surface area (Å²) in [7, 11) is -4.04. The Morgan fingerprint density at radius 3 is 2.21 bits per heavy atom. The van der Waals surface area contributed by atoms with Crippen molar-refractivity contribution in [2.24, 2.45) is 0 Å². The smallest absolute Gasteiger partial charge is 0.344 e. The van der Waals surface area contributed by atoms with Crippen LogP contribution in [-0.2, 0) is 21.0 Å². The van der Waals surface area contributed by atoms with Crippen molar-refractivity contribution in [3.05, 3.63) is 101 Å². The van der Waals surface area contributed by atoms with Crippen molar-refractivity contribution in [2.75, 3.05) is 17.1 Å². The predicted octanol–water partition coefficient (Wildman–Crippen LogP) is 4.69. The van der Waals surface area contributed by atoms with Gasteiger partial charge in [0.25, 0.3) is 0 Å². The highest BCUT2D eigenvalue weighted by Crippen LogP contribution is 2.32. The normalized spacial score (nSPS) is 12.8. The van der Waals surface area contributed by atoms with Gasteiger partial charge in [-0.25, -0.2) is 8.42 Å². The number of amides is 1. The Morgan fingerprint density at radius 2 is 1.61 bits per heavy atom. The average molecular weight is 477 g/mol. The highest BCUT2D eigenvalue weighted by Gasteiger charge is 2.32. The number of benzene rings is 3. The van der Waals surface area contributed by atoms with E-state index >= 15 is 0 Å². The molecule has 0 fully saturated rings. The Bertz CT molecular complexity index is 1230. The lowest BCUT2D eigenvalue weighted by molar-refractivity contribution is -0.137. The van der Waals surface area contributed by atoms with Crippen molar-refractivity contribution >= 4 is 21.6 Å². The minimum atomic E-state index is -4.65. The van der Waals surface area contributed by atoms with Crippen LogP contribution >= 0.6 is 0 Å². The van der Waals surface area contributed by atoms with Crippen LogP contribution < -0.4 is 9.62 Å². The zero-order valence-electron chi connectivity index (χ0n) is 18.0. The molecule has 0 radical (unpaired) electrons. The molecular weight excluding hydrogens is 453 g/mol. The number of alkyl halides is 3. The summed E-state index contributed by atoms with van der Waals surface area (Å²) >= 11 is 0. The van der Waals surface area contributed by atoms with Gasteiger partial charge in [0.15, 0.2) is 0 Å². The fourth-order valence-corrected chi connectivity index (χ4v) is 4.32. The van der Waals surface area contributed by atoms with Crippen LogP contribution in [0.4, 0.5) is 18.9 Å². The molecule has 3 aromatic rings. The van der Waals surface area contributed by atoms with Gasteiger partial charge < -0.3 is 5.32 Å². The monoisotopic (exact) mass is 476 g/mol. The van der Waals surface area contributed by atoms with Gasteiger partial charge in [-0.2, -0.15) is 13.2 Å². The summed E-state index contributed by atoms with van der Waals surface area (Å²) in [4.78, 5) is 13.0. The van der Waals surface area contributed by atoms with Crippen LogP contribution in [0.3, 0.4) is 0 Å². The molecule has 1 amide bonds. The van der Waals surface area contributed by atoms with Gasteiger partial charge in [-0.15, -0.1) is 0 Å². The van der Waals surface area contributed by atoms with Crippen LogP contribution in [0.5, 0.6) is 0 Å².